The molecule has 0 heterocycles. The summed E-state index contributed by atoms with van der Waals surface area (Å²) in [6.07, 6.45) is 2.05. The Labute approximate surface area is 93.9 Å². The van der Waals surface area contributed by atoms with Crippen molar-refractivity contribution >= 4 is 11.8 Å². The Morgan fingerprint density at radius 3 is 2.87 bits per heavy atom. The van der Waals surface area contributed by atoms with Gasteiger partial charge in [-0.1, -0.05) is 6.07 Å². The third kappa shape index (κ3) is 4.10. The lowest BCUT2D eigenvalue weighted by Gasteiger charge is -2.12. The molecular formula is C11H16FNOS. The molecule has 0 aliphatic rings. The fourth-order valence-electron chi connectivity index (χ4n) is 1.26. The van der Waals surface area contributed by atoms with E-state index in [4.69, 9.17) is 5.11 Å². The standard InChI is InChI=1S/C11H16FNOS/c1-8(7-15-2)13-6-9-3-4-11(14)10(12)5-9/h3-5,8,13-14H,6-7H2,1-2H3. The molecular weight excluding hydrogens is 213 g/mol. The summed E-state index contributed by atoms with van der Waals surface area (Å²) in [7, 11) is 0. The smallest absolute Gasteiger partial charge is 0.165 e. The first-order valence-corrected chi connectivity index (χ1v) is 6.22. The molecule has 4 heteroatoms. The SMILES string of the molecule is CSCC(C)NCc1ccc(O)c(F)c1. The number of phenols is 1. The van der Waals surface area contributed by atoms with Gasteiger partial charge in [-0.15, -0.1) is 0 Å². The normalized spacial score (nSPS) is 12.7. The van der Waals surface area contributed by atoms with Crippen molar-refractivity contribution in [3.63, 3.8) is 0 Å². The molecule has 2 nitrogen and oxygen atoms in total. The Hall–Kier alpha value is -0.740. The van der Waals surface area contributed by atoms with Crippen LogP contribution in [0.5, 0.6) is 5.75 Å². The average molecular weight is 229 g/mol. The van der Waals surface area contributed by atoms with Gasteiger partial charge in [0.1, 0.15) is 0 Å². The van der Waals surface area contributed by atoms with E-state index in [1.807, 2.05) is 0 Å². The molecule has 0 fully saturated rings. The molecule has 0 saturated heterocycles. The van der Waals surface area contributed by atoms with Crippen molar-refractivity contribution in [1.82, 2.24) is 5.32 Å². The minimum atomic E-state index is -0.563. The molecule has 0 aromatic heterocycles. The first kappa shape index (κ1) is 12.3. The van der Waals surface area contributed by atoms with Crippen LogP contribution in [-0.4, -0.2) is 23.2 Å². The van der Waals surface area contributed by atoms with E-state index in [0.717, 1.165) is 11.3 Å². The number of benzene rings is 1. The maximum Gasteiger partial charge on any atom is 0.165 e. The van der Waals surface area contributed by atoms with Crippen LogP contribution in [-0.2, 0) is 6.54 Å². The highest BCUT2D eigenvalue weighted by atomic mass is 32.2. The first-order chi connectivity index (χ1) is 7.13. The fraction of sp³-hybridized carbons (Fsp3) is 0.455. The Morgan fingerprint density at radius 2 is 2.27 bits per heavy atom. The molecule has 0 saturated carbocycles. The van der Waals surface area contributed by atoms with Crippen LogP contribution in [0.4, 0.5) is 4.39 Å². The maximum atomic E-state index is 13.0. The number of thioether (sulfide) groups is 1. The molecule has 1 atom stereocenters. The summed E-state index contributed by atoms with van der Waals surface area (Å²) >= 11 is 1.77. The van der Waals surface area contributed by atoms with E-state index in [1.54, 1.807) is 17.8 Å². The summed E-state index contributed by atoms with van der Waals surface area (Å²) in [6, 6.07) is 4.86. The van der Waals surface area contributed by atoms with Crippen LogP contribution in [0.1, 0.15) is 12.5 Å². The molecule has 0 bridgehead atoms. The predicted octanol–water partition coefficient (Wildman–Crippen LogP) is 2.37. The van der Waals surface area contributed by atoms with Crippen LogP contribution in [0.15, 0.2) is 18.2 Å². The van der Waals surface area contributed by atoms with Crippen LogP contribution in [0.3, 0.4) is 0 Å². The second-order valence-electron chi connectivity index (χ2n) is 3.52. The zero-order valence-corrected chi connectivity index (χ0v) is 9.77. The quantitative estimate of drug-likeness (QED) is 0.813. The summed E-state index contributed by atoms with van der Waals surface area (Å²) in [4.78, 5) is 0. The lowest BCUT2D eigenvalue weighted by Crippen LogP contribution is -2.27. The molecule has 2 N–H and O–H groups in total. The largest absolute Gasteiger partial charge is 0.505 e. The highest BCUT2D eigenvalue weighted by Crippen LogP contribution is 2.16. The highest BCUT2D eigenvalue weighted by Gasteiger charge is 2.03. The molecule has 84 valence electrons. The Morgan fingerprint density at radius 1 is 1.53 bits per heavy atom. The zero-order valence-electron chi connectivity index (χ0n) is 8.96. The van der Waals surface area contributed by atoms with Gasteiger partial charge in [-0.3, -0.25) is 0 Å². The number of rotatable bonds is 5. The summed E-state index contributed by atoms with van der Waals surface area (Å²) < 4.78 is 13.0. The van der Waals surface area contributed by atoms with Crippen LogP contribution in [0.25, 0.3) is 0 Å². The van der Waals surface area contributed by atoms with Gasteiger partial charge >= 0.3 is 0 Å². The molecule has 15 heavy (non-hydrogen) atoms. The van der Waals surface area contributed by atoms with Crippen molar-refractivity contribution < 1.29 is 9.50 Å². The number of nitrogens with one attached hydrogen (secondary N) is 1. The summed E-state index contributed by atoms with van der Waals surface area (Å²) in [5, 5.41) is 12.3. The average Bonchev–Trinajstić information content (AvgIpc) is 2.20. The number of hydrogen-bond acceptors (Lipinski definition) is 3. The lowest BCUT2D eigenvalue weighted by molar-refractivity contribution is 0.431. The molecule has 1 rings (SSSR count). The van der Waals surface area contributed by atoms with Gasteiger partial charge in [-0.2, -0.15) is 11.8 Å². The van der Waals surface area contributed by atoms with Crippen molar-refractivity contribution in [3.05, 3.63) is 29.6 Å². The van der Waals surface area contributed by atoms with Crippen molar-refractivity contribution in [2.45, 2.75) is 19.5 Å². The van der Waals surface area contributed by atoms with Crippen molar-refractivity contribution in [1.29, 1.82) is 0 Å². The molecule has 1 aromatic rings. The van der Waals surface area contributed by atoms with E-state index in [2.05, 4.69) is 18.5 Å². The monoisotopic (exact) mass is 229 g/mol. The molecule has 0 amide bonds. The Bertz CT molecular complexity index is 319. The van der Waals surface area contributed by atoms with E-state index in [1.165, 1.54) is 12.1 Å². The summed E-state index contributed by atoms with van der Waals surface area (Å²) in [5.41, 5.74) is 0.846. The third-order valence-electron chi connectivity index (χ3n) is 2.08. The number of aromatic hydroxyl groups is 1. The van der Waals surface area contributed by atoms with Gasteiger partial charge < -0.3 is 10.4 Å². The van der Waals surface area contributed by atoms with Crippen molar-refractivity contribution in [2.75, 3.05) is 12.0 Å². The van der Waals surface area contributed by atoms with Gasteiger partial charge in [0.25, 0.3) is 0 Å². The number of phenolic OH excluding ortho intramolecular Hbond substituents is 1. The van der Waals surface area contributed by atoms with Crippen LogP contribution in [0.2, 0.25) is 0 Å². The summed E-state index contributed by atoms with van der Waals surface area (Å²) in [6.45, 7) is 2.71. The van der Waals surface area contributed by atoms with E-state index in [-0.39, 0.29) is 5.75 Å². The fourth-order valence-corrected chi connectivity index (χ4v) is 1.88. The van der Waals surface area contributed by atoms with Gasteiger partial charge in [0.05, 0.1) is 0 Å². The van der Waals surface area contributed by atoms with Crippen molar-refractivity contribution in [3.8, 4) is 5.75 Å². The molecule has 0 aliphatic heterocycles. The first-order valence-electron chi connectivity index (χ1n) is 4.83. The Kier molecular flexibility index (Phi) is 4.91. The third-order valence-corrected chi connectivity index (χ3v) is 2.92. The number of hydrogen-bond donors (Lipinski definition) is 2. The van der Waals surface area contributed by atoms with Crippen molar-refractivity contribution in [2.24, 2.45) is 0 Å². The van der Waals surface area contributed by atoms with Gasteiger partial charge in [0.15, 0.2) is 11.6 Å². The number of halogens is 1. The van der Waals surface area contributed by atoms with Crippen LogP contribution in [0, 0.1) is 5.82 Å². The van der Waals surface area contributed by atoms with E-state index < -0.39 is 5.82 Å². The molecule has 0 spiro atoms. The second kappa shape index (κ2) is 5.98. The van der Waals surface area contributed by atoms with Gasteiger partial charge in [0.2, 0.25) is 0 Å². The minimum Gasteiger partial charge on any atom is -0.505 e. The highest BCUT2D eigenvalue weighted by molar-refractivity contribution is 7.98. The van der Waals surface area contributed by atoms with Crippen LogP contribution >= 0.6 is 11.8 Å². The minimum absolute atomic E-state index is 0.295. The predicted molar refractivity (Wildman–Crippen MR) is 62.7 cm³/mol. The second-order valence-corrected chi connectivity index (χ2v) is 4.43. The van der Waals surface area contributed by atoms with E-state index >= 15 is 0 Å². The molecule has 0 aliphatic carbocycles. The van der Waals surface area contributed by atoms with E-state index in [9.17, 15) is 4.39 Å². The topological polar surface area (TPSA) is 32.3 Å². The zero-order chi connectivity index (χ0) is 11.3. The molecule has 0 radical (unpaired) electrons. The van der Waals surface area contributed by atoms with Gasteiger partial charge in [-0.25, -0.2) is 4.39 Å². The maximum absolute atomic E-state index is 13.0. The van der Waals surface area contributed by atoms with E-state index in [0.29, 0.717) is 12.6 Å². The Balaban J connectivity index is 2.47. The molecule has 1 aromatic carbocycles. The molecule has 1 unspecified atom stereocenters. The summed E-state index contributed by atoms with van der Waals surface area (Å²) in [5.74, 6) is 0.170. The lowest BCUT2D eigenvalue weighted by atomic mass is 10.2. The van der Waals surface area contributed by atoms with Gasteiger partial charge in [0, 0.05) is 18.3 Å². The van der Waals surface area contributed by atoms with Crippen LogP contribution < -0.4 is 5.32 Å². The van der Waals surface area contributed by atoms with Gasteiger partial charge in [-0.05, 0) is 30.9 Å².